The van der Waals surface area contributed by atoms with Gasteiger partial charge >= 0.3 is 5.97 Å². The molecule has 4 saturated carbocycles. The van der Waals surface area contributed by atoms with Crippen molar-refractivity contribution in [2.45, 2.75) is 38.5 Å². The van der Waals surface area contributed by atoms with E-state index in [1.54, 1.807) is 36.4 Å². The van der Waals surface area contributed by atoms with Gasteiger partial charge < -0.3 is 19.5 Å². The number of anilines is 1. The standard InChI is InChI=1S/C31H31ClN2O7S/c1-39-23-6-4-21(12-22(23)32)33-27(35)16-34-28(36)26(42-30(34)38)11-17-3-5-24(25(10-17)40-2)41-29(37)31-13-18-7-19(14-31)9-20(8-18)15-31/h3-6,10-12,18-20H,7-9,13-16H2,1-2H3,(H,33,35)/b26-11-. The Labute approximate surface area is 252 Å². The lowest BCUT2D eigenvalue weighted by atomic mass is 9.49. The minimum Gasteiger partial charge on any atom is -0.495 e. The molecule has 2 aromatic carbocycles. The maximum atomic E-state index is 13.4. The van der Waals surface area contributed by atoms with Crippen LogP contribution in [0.25, 0.3) is 6.08 Å². The van der Waals surface area contributed by atoms with Gasteiger partial charge in [-0.05, 0) is 110 Å². The van der Waals surface area contributed by atoms with E-state index in [-0.39, 0.29) is 10.9 Å². The summed E-state index contributed by atoms with van der Waals surface area (Å²) in [6.07, 6.45) is 7.97. The minimum absolute atomic E-state index is 0.167. The number of hydrogen-bond acceptors (Lipinski definition) is 8. The molecule has 0 spiro atoms. The Morgan fingerprint density at radius 1 is 0.976 bits per heavy atom. The fourth-order valence-corrected chi connectivity index (χ4v) is 8.40. The fraction of sp³-hybridized carbons (Fsp3) is 0.419. The zero-order valence-electron chi connectivity index (χ0n) is 23.3. The van der Waals surface area contributed by atoms with E-state index in [0.29, 0.717) is 51.3 Å². The van der Waals surface area contributed by atoms with Gasteiger partial charge in [-0.2, -0.15) is 0 Å². The molecule has 1 heterocycles. The topological polar surface area (TPSA) is 111 Å². The van der Waals surface area contributed by atoms with Crippen LogP contribution in [0.5, 0.6) is 17.2 Å². The first-order valence-corrected chi connectivity index (χ1v) is 15.1. The highest BCUT2D eigenvalue weighted by molar-refractivity contribution is 8.18. The maximum Gasteiger partial charge on any atom is 0.317 e. The van der Waals surface area contributed by atoms with Crippen LogP contribution in [0.1, 0.15) is 44.1 Å². The smallest absolute Gasteiger partial charge is 0.317 e. The van der Waals surface area contributed by atoms with Gasteiger partial charge in [0.05, 0.1) is 29.6 Å². The van der Waals surface area contributed by atoms with Crippen LogP contribution in [0.15, 0.2) is 41.3 Å². The summed E-state index contributed by atoms with van der Waals surface area (Å²) >= 11 is 6.85. The third kappa shape index (κ3) is 5.49. The molecule has 9 nitrogen and oxygen atoms in total. The zero-order valence-corrected chi connectivity index (χ0v) is 24.9. The first-order valence-electron chi connectivity index (χ1n) is 14.0. The molecule has 2 aromatic rings. The number of ether oxygens (including phenoxy) is 3. The van der Waals surface area contributed by atoms with Crippen molar-refractivity contribution < 1.29 is 33.4 Å². The number of imide groups is 1. The first-order chi connectivity index (χ1) is 20.2. The van der Waals surface area contributed by atoms with Crippen molar-refractivity contribution in [1.29, 1.82) is 0 Å². The Bertz CT molecular complexity index is 1470. The molecule has 1 N–H and O–H groups in total. The molecular weight excluding hydrogens is 580 g/mol. The van der Waals surface area contributed by atoms with Gasteiger partial charge in [0, 0.05) is 5.69 Å². The van der Waals surface area contributed by atoms with Crippen molar-refractivity contribution in [1.82, 2.24) is 4.90 Å². The van der Waals surface area contributed by atoms with Gasteiger partial charge in [-0.25, -0.2) is 0 Å². The lowest BCUT2D eigenvalue weighted by molar-refractivity contribution is -0.161. The number of esters is 1. The van der Waals surface area contributed by atoms with Gasteiger partial charge in [-0.15, -0.1) is 0 Å². The van der Waals surface area contributed by atoms with Gasteiger partial charge in [0.2, 0.25) is 5.91 Å². The van der Waals surface area contributed by atoms with Crippen molar-refractivity contribution >= 4 is 58.1 Å². The molecule has 4 aliphatic carbocycles. The molecule has 5 fully saturated rings. The van der Waals surface area contributed by atoms with Crippen LogP contribution in [-0.2, 0) is 14.4 Å². The third-order valence-corrected chi connectivity index (χ3v) is 9.97. The average Bonchev–Trinajstić information content (AvgIpc) is 3.20. The van der Waals surface area contributed by atoms with Crippen molar-refractivity contribution in [2.75, 3.05) is 26.1 Å². The number of halogens is 1. The second-order valence-corrected chi connectivity index (χ2v) is 13.1. The van der Waals surface area contributed by atoms with Crippen LogP contribution >= 0.6 is 23.4 Å². The van der Waals surface area contributed by atoms with Crippen molar-refractivity contribution in [3.05, 3.63) is 51.9 Å². The Morgan fingerprint density at radius 3 is 2.24 bits per heavy atom. The predicted molar refractivity (Wildman–Crippen MR) is 159 cm³/mol. The van der Waals surface area contributed by atoms with Crippen LogP contribution in [0.2, 0.25) is 5.02 Å². The lowest BCUT2D eigenvalue weighted by Crippen LogP contribution is -2.51. The summed E-state index contributed by atoms with van der Waals surface area (Å²) in [5.41, 5.74) is 0.594. The summed E-state index contributed by atoms with van der Waals surface area (Å²) in [6, 6.07) is 9.75. The summed E-state index contributed by atoms with van der Waals surface area (Å²) < 4.78 is 16.6. The van der Waals surface area contributed by atoms with Gasteiger partial charge in [-0.1, -0.05) is 17.7 Å². The fourth-order valence-electron chi connectivity index (χ4n) is 7.30. The second-order valence-electron chi connectivity index (χ2n) is 11.7. The van der Waals surface area contributed by atoms with Crippen LogP contribution in [-0.4, -0.2) is 48.7 Å². The number of hydrogen-bond donors (Lipinski definition) is 1. The molecule has 7 rings (SSSR count). The van der Waals surface area contributed by atoms with E-state index in [0.717, 1.165) is 35.9 Å². The molecule has 220 valence electrons. The summed E-state index contributed by atoms with van der Waals surface area (Å²) in [6.45, 7) is -0.450. The number of methoxy groups -OCH3 is 2. The van der Waals surface area contributed by atoms with Crippen molar-refractivity contribution in [3.8, 4) is 17.2 Å². The van der Waals surface area contributed by atoms with E-state index in [1.165, 1.54) is 39.5 Å². The Balaban J connectivity index is 1.12. The molecule has 1 saturated heterocycles. The van der Waals surface area contributed by atoms with E-state index in [4.69, 9.17) is 25.8 Å². The number of nitrogens with zero attached hydrogens (tertiary/aromatic N) is 1. The van der Waals surface area contributed by atoms with E-state index in [1.807, 2.05) is 0 Å². The van der Waals surface area contributed by atoms with Crippen LogP contribution < -0.4 is 19.5 Å². The molecular formula is C31H31ClN2O7S. The lowest BCUT2D eigenvalue weighted by Gasteiger charge is -2.55. The van der Waals surface area contributed by atoms with Gasteiger partial charge in [0.25, 0.3) is 11.1 Å². The molecule has 1 aliphatic heterocycles. The monoisotopic (exact) mass is 610 g/mol. The van der Waals surface area contributed by atoms with Crippen LogP contribution in [0.3, 0.4) is 0 Å². The van der Waals surface area contributed by atoms with Crippen LogP contribution in [0.4, 0.5) is 10.5 Å². The number of carbonyl (C=O) groups excluding carboxylic acids is 4. The Kier molecular flexibility index (Phi) is 7.70. The molecule has 42 heavy (non-hydrogen) atoms. The molecule has 4 bridgehead atoms. The van der Waals surface area contributed by atoms with Gasteiger partial charge in [0.1, 0.15) is 12.3 Å². The first kappa shape index (κ1) is 28.6. The SMILES string of the molecule is COc1ccc(NC(=O)CN2C(=O)S/C(=C\c3ccc(OC(=O)C45CC6CC(CC(C6)C4)C5)c(OC)c3)C2=O)cc1Cl. The van der Waals surface area contributed by atoms with E-state index in [9.17, 15) is 19.2 Å². The third-order valence-electron chi connectivity index (χ3n) is 8.77. The summed E-state index contributed by atoms with van der Waals surface area (Å²) in [4.78, 5) is 52.7. The number of amides is 3. The molecule has 5 aliphatic rings. The number of nitrogens with one attached hydrogen (secondary N) is 1. The second kappa shape index (κ2) is 11.3. The number of thioether (sulfide) groups is 1. The minimum atomic E-state index is -0.579. The maximum absolute atomic E-state index is 13.4. The highest BCUT2D eigenvalue weighted by atomic mass is 35.5. The number of benzene rings is 2. The molecule has 0 aromatic heterocycles. The highest BCUT2D eigenvalue weighted by Gasteiger charge is 2.55. The largest absolute Gasteiger partial charge is 0.495 e. The zero-order chi connectivity index (χ0) is 29.6. The molecule has 0 atom stereocenters. The van der Waals surface area contributed by atoms with Gasteiger partial charge in [0.15, 0.2) is 11.5 Å². The van der Waals surface area contributed by atoms with E-state index in [2.05, 4.69) is 5.32 Å². The molecule has 0 radical (unpaired) electrons. The predicted octanol–water partition coefficient (Wildman–Crippen LogP) is 6.15. The van der Waals surface area contributed by atoms with E-state index >= 15 is 0 Å². The Hall–Kier alpha value is -3.50. The van der Waals surface area contributed by atoms with Gasteiger partial charge in [-0.3, -0.25) is 24.1 Å². The van der Waals surface area contributed by atoms with Crippen molar-refractivity contribution in [3.63, 3.8) is 0 Å². The average molecular weight is 611 g/mol. The molecule has 11 heteroatoms. The normalized spacial score (nSPS) is 27.0. The quantitative estimate of drug-likeness (QED) is 0.215. The summed E-state index contributed by atoms with van der Waals surface area (Å²) in [5, 5.41) is 2.39. The van der Waals surface area contributed by atoms with Crippen molar-refractivity contribution in [2.24, 2.45) is 23.2 Å². The summed E-state index contributed by atoms with van der Waals surface area (Å²) in [5.74, 6) is 1.70. The molecule has 3 amide bonds. The Morgan fingerprint density at radius 2 is 1.62 bits per heavy atom. The number of carbonyl (C=O) groups is 4. The van der Waals surface area contributed by atoms with E-state index < -0.39 is 29.0 Å². The van der Waals surface area contributed by atoms with Crippen LogP contribution in [0, 0.1) is 23.2 Å². The number of rotatable bonds is 8. The molecule has 0 unspecified atom stereocenters. The summed E-state index contributed by atoms with van der Waals surface area (Å²) in [7, 11) is 2.97. The highest BCUT2D eigenvalue weighted by Crippen LogP contribution is 2.60.